The number of para-hydroxylation sites is 2. The molecule has 0 spiro atoms. The summed E-state index contributed by atoms with van der Waals surface area (Å²) in [7, 11) is -3.73. The molecule has 2 aromatic rings. The summed E-state index contributed by atoms with van der Waals surface area (Å²) in [5.74, 6) is -0.750. The number of rotatable bonds is 9. The normalized spacial score (nSPS) is 17.8. The standard InChI is InChI=1S/C22H25N3O4S2/c1-2-3-10-15-31(28,29)24-22-25(18-13-8-5-9-14-18)21(27)19(30-22)16-20(26)23-17-11-6-4-7-12-17/h4-9,11-14,19H,2-3,10,15-16H2,1H3,(H,23,26)/t19-/m0/s1. The van der Waals surface area contributed by atoms with Crippen molar-refractivity contribution in [2.75, 3.05) is 16.0 Å². The molecule has 0 unspecified atom stereocenters. The van der Waals surface area contributed by atoms with E-state index >= 15 is 0 Å². The third kappa shape index (κ3) is 6.41. The number of nitrogens with one attached hydrogen (secondary N) is 1. The van der Waals surface area contributed by atoms with Crippen molar-refractivity contribution in [3.63, 3.8) is 0 Å². The summed E-state index contributed by atoms with van der Waals surface area (Å²) in [6.07, 6.45) is 2.12. The van der Waals surface area contributed by atoms with Crippen LogP contribution in [-0.2, 0) is 19.6 Å². The number of thioether (sulfide) groups is 1. The largest absolute Gasteiger partial charge is 0.326 e. The molecule has 0 aliphatic carbocycles. The molecular weight excluding hydrogens is 434 g/mol. The van der Waals surface area contributed by atoms with Gasteiger partial charge >= 0.3 is 0 Å². The quantitative estimate of drug-likeness (QED) is 0.571. The Kier molecular flexibility index (Phi) is 7.86. The Balaban J connectivity index is 1.81. The van der Waals surface area contributed by atoms with E-state index < -0.39 is 15.3 Å². The van der Waals surface area contributed by atoms with E-state index in [0.29, 0.717) is 17.8 Å². The zero-order chi connectivity index (χ0) is 22.3. The van der Waals surface area contributed by atoms with Gasteiger partial charge in [0.25, 0.3) is 10.0 Å². The first-order valence-electron chi connectivity index (χ1n) is 10.1. The van der Waals surface area contributed by atoms with Gasteiger partial charge in [-0.2, -0.15) is 0 Å². The predicted molar refractivity (Wildman–Crippen MR) is 126 cm³/mol. The predicted octanol–water partition coefficient (Wildman–Crippen LogP) is 4.04. The molecule has 0 saturated carbocycles. The molecule has 1 atom stereocenters. The lowest BCUT2D eigenvalue weighted by Gasteiger charge is -2.16. The zero-order valence-electron chi connectivity index (χ0n) is 17.2. The lowest BCUT2D eigenvalue weighted by atomic mass is 10.2. The van der Waals surface area contributed by atoms with Crippen LogP contribution in [0.1, 0.15) is 32.6 Å². The molecule has 0 bridgehead atoms. The van der Waals surface area contributed by atoms with Crippen LogP contribution in [0.3, 0.4) is 0 Å². The summed E-state index contributed by atoms with van der Waals surface area (Å²) >= 11 is 1.01. The molecule has 1 saturated heterocycles. The molecule has 1 N–H and O–H groups in total. The van der Waals surface area contributed by atoms with Crippen LogP contribution in [0, 0.1) is 0 Å². The van der Waals surface area contributed by atoms with Gasteiger partial charge in [0.2, 0.25) is 11.8 Å². The first kappa shape index (κ1) is 23.0. The van der Waals surface area contributed by atoms with Gasteiger partial charge in [0, 0.05) is 12.1 Å². The Labute approximate surface area is 187 Å². The van der Waals surface area contributed by atoms with Crippen molar-refractivity contribution < 1.29 is 18.0 Å². The Bertz CT molecular complexity index is 1040. The maximum absolute atomic E-state index is 13.1. The van der Waals surface area contributed by atoms with Gasteiger partial charge in [-0.1, -0.05) is 67.9 Å². The highest BCUT2D eigenvalue weighted by molar-refractivity contribution is 8.16. The van der Waals surface area contributed by atoms with Gasteiger partial charge in [-0.25, -0.2) is 8.42 Å². The van der Waals surface area contributed by atoms with Gasteiger partial charge in [0.15, 0.2) is 5.17 Å². The molecule has 2 amide bonds. The maximum Gasteiger partial charge on any atom is 0.255 e. The molecule has 3 rings (SSSR count). The van der Waals surface area contributed by atoms with Crippen molar-refractivity contribution in [3.05, 3.63) is 60.7 Å². The molecule has 1 aliphatic heterocycles. The zero-order valence-corrected chi connectivity index (χ0v) is 18.9. The number of nitrogens with zero attached hydrogens (tertiary/aromatic N) is 2. The average molecular weight is 460 g/mol. The average Bonchev–Trinajstić information content (AvgIpc) is 3.03. The molecule has 0 radical (unpaired) electrons. The molecule has 164 valence electrons. The highest BCUT2D eigenvalue weighted by atomic mass is 32.2. The minimum absolute atomic E-state index is 0.0686. The molecule has 1 fully saturated rings. The number of hydrogen-bond acceptors (Lipinski definition) is 5. The Morgan fingerprint density at radius 2 is 1.71 bits per heavy atom. The van der Waals surface area contributed by atoms with Gasteiger partial charge in [0.05, 0.1) is 11.4 Å². The van der Waals surface area contributed by atoms with E-state index in [4.69, 9.17) is 0 Å². The summed E-state index contributed by atoms with van der Waals surface area (Å²) in [4.78, 5) is 26.9. The summed E-state index contributed by atoms with van der Waals surface area (Å²) in [5.41, 5.74) is 1.16. The minimum atomic E-state index is -3.73. The lowest BCUT2D eigenvalue weighted by Crippen LogP contribution is -2.33. The van der Waals surface area contributed by atoms with E-state index in [0.717, 1.165) is 24.6 Å². The fraction of sp³-hybridized carbons (Fsp3) is 0.318. The van der Waals surface area contributed by atoms with Crippen LogP contribution in [0.15, 0.2) is 65.1 Å². The van der Waals surface area contributed by atoms with Crippen LogP contribution < -0.4 is 10.2 Å². The summed E-state index contributed by atoms with van der Waals surface area (Å²) < 4.78 is 28.9. The van der Waals surface area contributed by atoms with Gasteiger partial charge in [-0.15, -0.1) is 4.40 Å². The van der Waals surface area contributed by atoms with E-state index in [1.165, 1.54) is 4.90 Å². The van der Waals surface area contributed by atoms with E-state index in [9.17, 15) is 18.0 Å². The lowest BCUT2D eigenvalue weighted by molar-refractivity contribution is -0.121. The molecule has 9 heteroatoms. The molecule has 31 heavy (non-hydrogen) atoms. The second kappa shape index (κ2) is 10.6. The van der Waals surface area contributed by atoms with Crippen molar-refractivity contribution in [3.8, 4) is 0 Å². The van der Waals surface area contributed by atoms with Crippen molar-refractivity contribution in [1.82, 2.24) is 0 Å². The van der Waals surface area contributed by atoms with Crippen molar-refractivity contribution in [2.45, 2.75) is 37.9 Å². The monoisotopic (exact) mass is 459 g/mol. The van der Waals surface area contributed by atoms with Crippen LogP contribution in [0.25, 0.3) is 0 Å². The van der Waals surface area contributed by atoms with Gasteiger partial charge in [0.1, 0.15) is 5.25 Å². The van der Waals surface area contributed by atoms with E-state index in [1.54, 1.807) is 54.6 Å². The van der Waals surface area contributed by atoms with Crippen molar-refractivity contribution >= 4 is 50.1 Å². The first-order chi connectivity index (χ1) is 14.9. The number of amidine groups is 1. The number of amides is 2. The number of carbonyl (C=O) groups excluding carboxylic acids is 2. The molecule has 1 heterocycles. The summed E-state index contributed by atoms with van der Waals surface area (Å²) in [6, 6.07) is 17.7. The van der Waals surface area contributed by atoms with Gasteiger partial charge in [-0.05, 0) is 30.7 Å². The third-order valence-corrected chi connectivity index (χ3v) is 7.11. The van der Waals surface area contributed by atoms with E-state index in [2.05, 4.69) is 9.71 Å². The number of carbonyl (C=O) groups is 2. The van der Waals surface area contributed by atoms with Crippen LogP contribution >= 0.6 is 11.8 Å². The highest BCUT2D eigenvalue weighted by Gasteiger charge is 2.41. The molecule has 0 aromatic heterocycles. The molecule has 1 aliphatic rings. The molecular formula is C22H25N3O4S2. The van der Waals surface area contributed by atoms with Crippen LogP contribution in [0.5, 0.6) is 0 Å². The Morgan fingerprint density at radius 3 is 2.35 bits per heavy atom. The van der Waals surface area contributed by atoms with E-state index in [-0.39, 0.29) is 29.2 Å². The number of anilines is 2. The topological polar surface area (TPSA) is 95.9 Å². The number of benzene rings is 2. The van der Waals surface area contributed by atoms with Crippen LogP contribution in [-0.4, -0.2) is 36.4 Å². The van der Waals surface area contributed by atoms with Gasteiger partial charge < -0.3 is 5.32 Å². The minimum Gasteiger partial charge on any atom is -0.326 e. The molecule has 2 aromatic carbocycles. The number of sulfonamides is 1. The highest BCUT2D eigenvalue weighted by Crippen LogP contribution is 2.34. The number of unbranched alkanes of at least 4 members (excludes halogenated alkanes) is 2. The van der Waals surface area contributed by atoms with Gasteiger partial charge in [-0.3, -0.25) is 14.5 Å². The van der Waals surface area contributed by atoms with Crippen LogP contribution in [0.2, 0.25) is 0 Å². The Hall–Kier alpha value is -2.65. The van der Waals surface area contributed by atoms with Crippen molar-refractivity contribution in [1.29, 1.82) is 0 Å². The van der Waals surface area contributed by atoms with E-state index in [1.807, 2.05) is 13.0 Å². The summed E-state index contributed by atoms with van der Waals surface area (Å²) in [6.45, 7) is 1.99. The van der Waals surface area contributed by atoms with Crippen LogP contribution in [0.4, 0.5) is 11.4 Å². The maximum atomic E-state index is 13.1. The fourth-order valence-corrected chi connectivity index (χ4v) is 5.56. The number of hydrogen-bond donors (Lipinski definition) is 1. The SMILES string of the molecule is CCCCCS(=O)(=O)N=C1S[C@@H](CC(=O)Nc2ccccc2)C(=O)N1c1ccccc1. The molecule has 7 nitrogen and oxygen atoms in total. The fourth-order valence-electron chi connectivity index (χ4n) is 3.08. The Morgan fingerprint density at radius 1 is 1.06 bits per heavy atom. The third-order valence-electron chi connectivity index (χ3n) is 4.60. The second-order valence-electron chi connectivity index (χ2n) is 7.10. The summed E-state index contributed by atoms with van der Waals surface area (Å²) in [5, 5.41) is 2.09. The second-order valence-corrected chi connectivity index (χ2v) is 10.0. The first-order valence-corrected chi connectivity index (χ1v) is 12.6. The van der Waals surface area contributed by atoms with Crippen molar-refractivity contribution in [2.24, 2.45) is 4.40 Å². The smallest absolute Gasteiger partial charge is 0.255 e.